The van der Waals surface area contributed by atoms with Gasteiger partial charge in [-0.2, -0.15) is 0 Å². The van der Waals surface area contributed by atoms with Crippen molar-refractivity contribution in [2.45, 2.75) is 38.6 Å². The van der Waals surface area contributed by atoms with Crippen molar-refractivity contribution < 1.29 is 4.79 Å². The smallest absolute Gasteiger partial charge is 0.227 e. The Bertz CT molecular complexity index is 276. The molecule has 4 nitrogen and oxygen atoms in total. The fraction of sp³-hybridized carbons (Fsp3) is 0.929. The highest BCUT2D eigenvalue weighted by molar-refractivity contribution is 5.79. The van der Waals surface area contributed by atoms with E-state index in [0.29, 0.717) is 11.9 Å². The topological polar surface area (TPSA) is 35.6 Å². The van der Waals surface area contributed by atoms with E-state index in [9.17, 15) is 4.79 Å². The molecule has 2 fully saturated rings. The van der Waals surface area contributed by atoms with E-state index in [1.807, 2.05) is 0 Å². The first-order valence-electron chi connectivity index (χ1n) is 7.42. The van der Waals surface area contributed by atoms with Crippen molar-refractivity contribution in [1.82, 2.24) is 15.1 Å². The lowest BCUT2D eigenvalue weighted by Crippen LogP contribution is -2.51. The molecule has 0 aromatic carbocycles. The van der Waals surface area contributed by atoms with E-state index in [4.69, 9.17) is 0 Å². The van der Waals surface area contributed by atoms with E-state index in [1.54, 1.807) is 0 Å². The Labute approximate surface area is 111 Å². The SMILES string of the molecule is CCCN(C(=O)C1CCN(C)C1)C1CCCNC1. The molecule has 104 valence electrons. The number of piperidine rings is 1. The summed E-state index contributed by atoms with van der Waals surface area (Å²) in [6.45, 7) is 7.19. The quantitative estimate of drug-likeness (QED) is 0.809. The Morgan fingerprint density at radius 1 is 1.44 bits per heavy atom. The molecular weight excluding hydrogens is 226 g/mol. The Morgan fingerprint density at radius 3 is 2.83 bits per heavy atom. The van der Waals surface area contributed by atoms with Gasteiger partial charge in [-0.25, -0.2) is 0 Å². The zero-order valence-corrected chi connectivity index (χ0v) is 11.8. The molecule has 2 heterocycles. The van der Waals surface area contributed by atoms with E-state index in [0.717, 1.165) is 45.6 Å². The number of rotatable bonds is 4. The van der Waals surface area contributed by atoms with Crippen molar-refractivity contribution in [1.29, 1.82) is 0 Å². The van der Waals surface area contributed by atoms with Gasteiger partial charge in [-0.05, 0) is 45.8 Å². The molecule has 0 saturated carbocycles. The Kier molecular flexibility index (Phi) is 5.01. The number of hydrogen-bond acceptors (Lipinski definition) is 3. The minimum absolute atomic E-state index is 0.239. The van der Waals surface area contributed by atoms with Gasteiger partial charge in [-0.1, -0.05) is 6.92 Å². The van der Waals surface area contributed by atoms with E-state index >= 15 is 0 Å². The molecule has 1 N–H and O–H groups in total. The summed E-state index contributed by atoms with van der Waals surface area (Å²) in [6.07, 6.45) is 4.46. The number of likely N-dealkylation sites (tertiary alicyclic amines) is 1. The van der Waals surface area contributed by atoms with Crippen LogP contribution in [0.5, 0.6) is 0 Å². The average Bonchev–Trinajstić information content (AvgIpc) is 2.83. The van der Waals surface area contributed by atoms with Crippen LogP contribution in [0.25, 0.3) is 0 Å². The third-order valence-electron chi connectivity index (χ3n) is 4.20. The minimum Gasteiger partial charge on any atom is -0.338 e. The summed E-state index contributed by atoms with van der Waals surface area (Å²) in [5.74, 6) is 0.637. The lowest BCUT2D eigenvalue weighted by molar-refractivity contribution is -0.138. The maximum Gasteiger partial charge on any atom is 0.227 e. The molecular formula is C14H27N3O. The molecule has 2 aliphatic heterocycles. The van der Waals surface area contributed by atoms with Crippen molar-refractivity contribution >= 4 is 5.91 Å². The molecule has 0 aromatic rings. The molecule has 0 aliphatic carbocycles. The maximum absolute atomic E-state index is 12.7. The highest BCUT2D eigenvalue weighted by atomic mass is 16.2. The van der Waals surface area contributed by atoms with Crippen molar-refractivity contribution in [3.63, 3.8) is 0 Å². The van der Waals surface area contributed by atoms with E-state index < -0.39 is 0 Å². The molecule has 0 bridgehead atoms. The lowest BCUT2D eigenvalue weighted by atomic mass is 10.0. The molecule has 18 heavy (non-hydrogen) atoms. The van der Waals surface area contributed by atoms with Crippen LogP contribution in [0.2, 0.25) is 0 Å². The van der Waals surface area contributed by atoms with Crippen molar-refractivity contribution in [2.24, 2.45) is 5.92 Å². The zero-order chi connectivity index (χ0) is 13.0. The van der Waals surface area contributed by atoms with Crippen LogP contribution in [0.1, 0.15) is 32.6 Å². The second kappa shape index (κ2) is 6.53. The van der Waals surface area contributed by atoms with Gasteiger partial charge in [0.25, 0.3) is 0 Å². The molecule has 4 heteroatoms. The van der Waals surface area contributed by atoms with Gasteiger partial charge in [0.15, 0.2) is 0 Å². The molecule has 2 saturated heterocycles. The highest BCUT2D eigenvalue weighted by Gasteiger charge is 2.33. The summed E-state index contributed by atoms with van der Waals surface area (Å²) in [6, 6.07) is 0.428. The second-order valence-corrected chi connectivity index (χ2v) is 5.78. The summed E-state index contributed by atoms with van der Waals surface area (Å²) >= 11 is 0. The van der Waals surface area contributed by atoms with Gasteiger partial charge in [-0.15, -0.1) is 0 Å². The molecule has 2 unspecified atom stereocenters. The van der Waals surface area contributed by atoms with Crippen LogP contribution in [0, 0.1) is 5.92 Å². The van der Waals surface area contributed by atoms with Gasteiger partial charge in [0, 0.05) is 25.7 Å². The monoisotopic (exact) mass is 253 g/mol. The summed E-state index contributed by atoms with van der Waals surface area (Å²) in [5.41, 5.74) is 0. The van der Waals surface area contributed by atoms with Crippen LogP contribution >= 0.6 is 0 Å². The zero-order valence-electron chi connectivity index (χ0n) is 11.8. The van der Waals surface area contributed by atoms with Gasteiger partial charge in [-0.3, -0.25) is 4.79 Å². The van der Waals surface area contributed by atoms with E-state index in [1.165, 1.54) is 12.8 Å². The van der Waals surface area contributed by atoms with Crippen molar-refractivity contribution in [3.05, 3.63) is 0 Å². The Balaban J connectivity index is 1.97. The average molecular weight is 253 g/mol. The van der Waals surface area contributed by atoms with Crippen LogP contribution in [0.4, 0.5) is 0 Å². The fourth-order valence-corrected chi connectivity index (χ4v) is 3.18. The highest BCUT2D eigenvalue weighted by Crippen LogP contribution is 2.21. The normalized spacial score (nSPS) is 29.4. The van der Waals surface area contributed by atoms with Gasteiger partial charge < -0.3 is 15.1 Å². The van der Waals surface area contributed by atoms with Crippen LogP contribution < -0.4 is 5.32 Å². The van der Waals surface area contributed by atoms with Crippen molar-refractivity contribution in [2.75, 3.05) is 39.8 Å². The van der Waals surface area contributed by atoms with E-state index in [2.05, 4.69) is 29.1 Å². The predicted octanol–water partition coefficient (Wildman–Crippen LogP) is 0.929. The van der Waals surface area contributed by atoms with Crippen LogP contribution in [0.3, 0.4) is 0 Å². The number of carbonyl (C=O) groups excluding carboxylic acids is 1. The predicted molar refractivity (Wildman–Crippen MR) is 73.5 cm³/mol. The third-order valence-corrected chi connectivity index (χ3v) is 4.20. The molecule has 0 radical (unpaired) electrons. The molecule has 1 amide bonds. The van der Waals surface area contributed by atoms with Gasteiger partial charge in [0.1, 0.15) is 0 Å². The van der Waals surface area contributed by atoms with Crippen LogP contribution in [0.15, 0.2) is 0 Å². The number of carbonyl (C=O) groups is 1. The van der Waals surface area contributed by atoms with Crippen molar-refractivity contribution in [3.8, 4) is 0 Å². The summed E-state index contributed by atoms with van der Waals surface area (Å²) in [5, 5.41) is 3.42. The molecule has 0 spiro atoms. The first kappa shape index (κ1) is 13.8. The third kappa shape index (κ3) is 3.23. The number of amides is 1. The standard InChI is InChI=1S/C14H27N3O/c1-3-8-17(13-5-4-7-15-10-13)14(18)12-6-9-16(2)11-12/h12-13,15H,3-11H2,1-2H3. The fourth-order valence-electron chi connectivity index (χ4n) is 3.18. The van der Waals surface area contributed by atoms with Gasteiger partial charge in [0.05, 0.1) is 5.92 Å². The van der Waals surface area contributed by atoms with Crippen LogP contribution in [-0.2, 0) is 4.79 Å². The molecule has 2 atom stereocenters. The minimum atomic E-state index is 0.239. The first-order valence-corrected chi connectivity index (χ1v) is 7.42. The van der Waals surface area contributed by atoms with Gasteiger partial charge >= 0.3 is 0 Å². The Hall–Kier alpha value is -0.610. The maximum atomic E-state index is 12.7. The summed E-state index contributed by atoms with van der Waals surface area (Å²) in [7, 11) is 2.11. The number of nitrogens with one attached hydrogen (secondary N) is 1. The molecule has 2 rings (SSSR count). The molecule has 2 aliphatic rings. The number of hydrogen-bond donors (Lipinski definition) is 1. The molecule has 0 aromatic heterocycles. The summed E-state index contributed by atoms with van der Waals surface area (Å²) in [4.78, 5) is 17.1. The first-order chi connectivity index (χ1) is 8.72. The number of nitrogens with zero attached hydrogens (tertiary/aromatic N) is 2. The largest absolute Gasteiger partial charge is 0.338 e. The lowest BCUT2D eigenvalue weighted by Gasteiger charge is -2.36. The van der Waals surface area contributed by atoms with E-state index in [-0.39, 0.29) is 5.92 Å². The summed E-state index contributed by atoms with van der Waals surface area (Å²) < 4.78 is 0. The second-order valence-electron chi connectivity index (χ2n) is 5.78. The Morgan fingerprint density at radius 2 is 2.28 bits per heavy atom. The van der Waals surface area contributed by atoms with Crippen LogP contribution in [-0.4, -0.2) is 61.5 Å². The van der Waals surface area contributed by atoms with Gasteiger partial charge in [0.2, 0.25) is 5.91 Å².